The van der Waals surface area contributed by atoms with E-state index in [-0.39, 0.29) is 36.3 Å². The number of carbonyl (C=O) groups excluding carboxylic acids is 2. The van der Waals surface area contributed by atoms with Gasteiger partial charge in [0.1, 0.15) is 6.61 Å². The lowest BCUT2D eigenvalue weighted by molar-refractivity contribution is -0.123. The Balaban J connectivity index is 1.75. The van der Waals surface area contributed by atoms with E-state index < -0.39 is 5.82 Å². The number of hydrogen-bond donors (Lipinski definition) is 2. The summed E-state index contributed by atoms with van der Waals surface area (Å²) in [5.74, 6) is -0.729. The molecule has 0 aromatic heterocycles. The van der Waals surface area contributed by atoms with E-state index in [0.29, 0.717) is 25.9 Å². The van der Waals surface area contributed by atoms with Crippen molar-refractivity contribution in [2.75, 3.05) is 19.7 Å². The van der Waals surface area contributed by atoms with Gasteiger partial charge >= 0.3 is 6.03 Å². The Kier molecular flexibility index (Phi) is 5.78. The first kappa shape index (κ1) is 17.1. The maximum absolute atomic E-state index is 13.4. The second kappa shape index (κ2) is 7.80. The summed E-state index contributed by atoms with van der Waals surface area (Å²) in [7, 11) is 0. The Hall–Kier alpha value is -2.31. The monoisotopic (exact) mass is 323 g/mol. The fourth-order valence-corrected chi connectivity index (χ4v) is 2.49. The number of para-hydroxylation sites is 1. The first-order valence-electron chi connectivity index (χ1n) is 7.69. The van der Waals surface area contributed by atoms with Crippen molar-refractivity contribution < 1.29 is 18.7 Å². The van der Waals surface area contributed by atoms with Crippen molar-refractivity contribution in [1.29, 1.82) is 0 Å². The van der Waals surface area contributed by atoms with Gasteiger partial charge in [-0.25, -0.2) is 9.18 Å². The number of primary amides is 1. The van der Waals surface area contributed by atoms with E-state index in [2.05, 4.69) is 5.32 Å². The van der Waals surface area contributed by atoms with Gasteiger partial charge in [0.05, 0.1) is 6.04 Å². The molecule has 0 bridgehead atoms. The average molecular weight is 323 g/mol. The van der Waals surface area contributed by atoms with Crippen LogP contribution in [0.4, 0.5) is 9.18 Å². The van der Waals surface area contributed by atoms with Crippen LogP contribution in [0.5, 0.6) is 5.75 Å². The van der Waals surface area contributed by atoms with Gasteiger partial charge in [0, 0.05) is 19.0 Å². The first-order valence-corrected chi connectivity index (χ1v) is 7.69. The molecule has 1 aliphatic heterocycles. The summed E-state index contributed by atoms with van der Waals surface area (Å²) in [5.41, 5.74) is 5.27. The molecule has 23 heavy (non-hydrogen) atoms. The van der Waals surface area contributed by atoms with Crippen molar-refractivity contribution >= 4 is 11.9 Å². The number of halogens is 1. The standard InChI is InChI=1S/C16H22FN3O3/c1-11(10-23-14-5-3-2-4-13(14)17)19-16(22)20-8-6-12(7-9-20)15(18)21/h2-5,11-12H,6-10H2,1H3,(H2,18,21)(H,19,22). The maximum Gasteiger partial charge on any atom is 0.317 e. The molecule has 126 valence electrons. The molecule has 1 atom stereocenters. The number of nitrogens with zero attached hydrogens (tertiary/aromatic N) is 1. The number of benzene rings is 1. The van der Waals surface area contributed by atoms with Gasteiger partial charge in [-0.2, -0.15) is 0 Å². The van der Waals surface area contributed by atoms with Crippen molar-refractivity contribution in [1.82, 2.24) is 10.2 Å². The Morgan fingerprint density at radius 2 is 2.04 bits per heavy atom. The summed E-state index contributed by atoms with van der Waals surface area (Å²) in [6.07, 6.45) is 1.17. The zero-order valence-electron chi connectivity index (χ0n) is 13.1. The van der Waals surface area contributed by atoms with Crippen molar-refractivity contribution in [3.8, 4) is 5.75 Å². The van der Waals surface area contributed by atoms with E-state index in [0.717, 1.165) is 0 Å². The normalized spacial score (nSPS) is 16.7. The molecule has 0 radical (unpaired) electrons. The van der Waals surface area contributed by atoms with Gasteiger partial charge < -0.3 is 20.7 Å². The van der Waals surface area contributed by atoms with E-state index in [1.54, 1.807) is 30.0 Å². The second-order valence-electron chi connectivity index (χ2n) is 5.76. The Labute approximate surface area is 134 Å². The lowest BCUT2D eigenvalue weighted by atomic mass is 9.96. The Morgan fingerprint density at radius 1 is 1.39 bits per heavy atom. The summed E-state index contributed by atoms with van der Waals surface area (Å²) in [6.45, 7) is 2.96. The first-order chi connectivity index (χ1) is 11.0. The lowest BCUT2D eigenvalue weighted by Gasteiger charge is -2.31. The number of piperidine rings is 1. The van der Waals surface area contributed by atoms with Gasteiger partial charge in [-0.3, -0.25) is 4.79 Å². The molecule has 2 rings (SSSR count). The molecule has 0 aliphatic carbocycles. The SMILES string of the molecule is CC(COc1ccccc1F)NC(=O)N1CCC(C(N)=O)CC1. The molecule has 6 nitrogen and oxygen atoms in total. The highest BCUT2D eigenvalue weighted by Gasteiger charge is 2.26. The van der Waals surface area contributed by atoms with Crippen LogP contribution < -0.4 is 15.8 Å². The number of hydrogen-bond acceptors (Lipinski definition) is 3. The van der Waals surface area contributed by atoms with Gasteiger partial charge in [-0.05, 0) is 31.9 Å². The van der Waals surface area contributed by atoms with Gasteiger partial charge in [-0.1, -0.05) is 12.1 Å². The number of urea groups is 1. The number of likely N-dealkylation sites (tertiary alicyclic amines) is 1. The van der Waals surface area contributed by atoms with Crippen LogP contribution in [0.1, 0.15) is 19.8 Å². The number of amides is 3. The molecule has 0 saturated carbocycles. The summed E-state index contributed by atoms with van der Waals surface area (Å²) in [4.78, 5) is 24.9. The molecule has 1 aromatic carbocycles. The minimum absolute atomic E-state index is 0.152. The van der Waals surface area contributed by atoms with E-state index >= 15 is 0 Å². The number of carbonyl (C=O) groups is 2. The minimum atomic E-state index is -0.431. The van der Waals surface area contributed by atoms with Gasteiger partial charge in [0.25, 0.3) is 0 Å². The quantitative estimate of drug-likeness (QED) is 0.861. The minimum Gasteiger partial charge on any atom is -0.488 e. The molecule has 1 unspecified atom stereocenters. The van der Waals surface area contributed by atoms with Gasteiger partial charge in [0.2, 0.25) is 5.91 Å². The molecule has 1 saturated heterocycles. The smallest absolute Gasteiger partial charge is 0.317 e. The van der Waals surface area contributed by atoms with Crippen molar-refractivity contribution in [2.24, 2.45) is 11.7 Å². The number of nitrogens with two attached hydrogens (primary N) is 1. The third-order valence-electron chi connectivity index (χ3n) is 3.88. The largest absolute Gasteiger partial charge is 0.488 e. The summed E-state index contributed by atoms with van der Waals surface area (Å²) in [6, 6.07) is 5.65. The fraction of sp³-hybridized carbons (Fsp3) is 0.500. The van der Waals surface area contributed by atoms with Crippen LogP contribution in [0.25, 0.3) is 0 Å². The fourth-order valence-electron chi connectivity index (χ4n) is 2.49. The average Bonchev–Trinajstić information content (AvgIpc) is 2.54. The molecule has 1 aromatic rings. The predicted molar refractivity (Wildman–Crippen MR) is 83.4 cm³/mol. The van der Waals surface area contributed by atoms with Crippen LogP contribution in [0.3, 0.4) is 0 Å². The van der Waals surface area contributed by atoms with Crippen LogP contribution in [0.2, 0.25) is 0 Å². The summed E-state index contributed by atoms with van der Waals surface area (Å²) < 4.78 is 18.8. The van der Waals surface area contributed by atoms with Crippen molar-refractivity contribution in [3.05, 3.63) is 30.1 Å². The third kappa shape index (κ3) is 4.84. The second-order valence-corrected chi connectivity index (χ2v) is 5.76. The topological polar surface area (TPSA) is 84.7 Å². The Morgan fingerprint density at radius 3 is 2.65 bits per heavy atom. The highest BCUT2D eigenvalue weighted by Crippen LogP contribution is 2.17. The van der Waals surface area contributed by atoms with Crippen molar-refractivity contribution in [3.63, 3.8) is 0 Å². The number of nitrogens with one attached hydrogen (secondary N) is 1. The zero-order chi connectivity index (χ0) is 16.8. The molecular weight excluding hydrogens is 301 g/mol. The van der Waals surface area contributed by atoms with Gasteiger partial charge in [0.15, 0.2) is 11.6 Å². The third-order valence-corrected chi connectivity index (χ3v) is 3.88. The van der Waals surface area contributed by atoms with E-state index in [1.165, 1.54) is 6.07 Å². The molecule has 1 fully saturated rings. The van der Waals surface area contributed by atoms with Crippen LogP contribution in [-0.4, -0.2) is 42.6 Å². The summed E-state index contributed by atoms with van der Waals surface area (Å²) >= 11 is 0. The molecule has 3 N–H and O–H groups in total. The number of rotatable bonds is 5. The molecule has 3 amide bonds. The molecule has 1 aliphatic rings. The van der Waals surface area contributed by atoms with E-state index in [4.69, 9.17) is 10.5 Å². The molecular formula is C16H22FN3O3. The highest BCUT2D eigenvalue weighted by molar-refractivity contribution is 5.78. The van der Waals surface area contributed by atoms with Crippen LogP contribution in [-0.2, 0) is 4.79 Å². The maximum atomic E-state index is 13.4. The van der Waals surface area contributed by atoms with Crippen molar-refractivity contribution in [2.45, 2.75) is 25.8 Å². The molecule has 1 heterocycles. The lowest BCUT2D eigenvalue weighted by Crippen LogP contribution is -2.49. The van der Waals surface area contributed by atoms with Crippen LogP contribution in [0, 0.1) is 11.7 Å². The van der Waals surface area contributed by atoms with Crippen LogP contribution in [0.15, 0.2) is 24.3 Å². The molecule has 7 heteroatoms. The Bertz CT molecular complexity index is 559. The van der Waals surface area contributed by atoms with Gasteiger partial charge in [-0.15, -0.1) is 0 Å². The zero-order valence-corrected chi connectivity index (χ0v) is 13.1. The van der Waals surface area contributed by atoms with E-state index in [1.807, 2.05) is 0 Å². The number of ether oxygens (including phenoxy) is 1. The predicted octanol–water partition coefficient (Wildman–Crippen LogP) is 1.50. The summed E-state index contributed by atoms with van der Waals surface area (Å²) in [5, 5.41) is 2.81. The van der Waals surface area contributed by atoms with E-state index in [9.17, 15) is 14.0 Å². The van der Waals surface area contributed by atoms with Crippen LogP contribution >= 0.6 is 0 Å². The highest BCUT2D eigenvalue weighted by atomic mass is 19.1. The molecule has 0 spiro atoms.